The average Bonchev–Trinajstić information content (AvgIpc) is 1.91. The quantitative estimate of drug-likeness (QED) is 0.399. The van der Waals surface area contributed by atoms with Gasteiger partial charge < -0.3 is 0 Å². The molecule has 1 rings (SSSR count). The fourth-order valence-electron chi connectivity index (χ4n) is 0.241. The zero-order valence-electron chi connectivity index (χ0n) is 3.35. The Balaban J connectivity index is 2.45. The summed E-state index contributed by atoms with van der Waals surface area (Å²) in [5, 5.41) is 1.89. The minimum absolute atomic E-state index is 1.47. The maximum Gasteiger partial charge on any atom is 0.0381 e. The van der Waals surface area contributed by atoms with Gasteiger partial charge in [0.25, 0.3) is 0 Å². The van der Waals surface area contributed by atoms with Crippen LogP contribution in [-0.2, 0) is 0 Å². The highest BCUT2D eigenvalue weighted by molar-refractivity contribution is 8.08. The number of hydrogen-bond donors (Lipinski definition) is 2. The molecule has 1 heterocycles. The summed E-state index contributed by atoms with van der Waals surface area (Å²) >= 11 is 9.41. The monoisotopic (exact) mass is 152 g/mol. The molecule has 2 nitrogen and oxygen atoms in total. The van der Waals surface area contributed by atoms with Crippen LogP contribution in [0.15, 0.2) is 11.6 Å². The second kappa shape index (κ2) is 2.21. The molecule has 0 aromatic rings. The van der Waals surface area contributed by atoms with Crippen molar-refractivity contribution >= 4 is 37.6 Å². The third kappa shape index (κ3) is 1.22. The lowest BCUT2D eigenvalue weighted by Gasteiger charge is -2.12. The van der Waals surface area contributed by atoms with E-state index in [0.29, 0.717) is 0 Å². The van der Waals surface area contributed by atoms with Crippen molar-refractivity contribution in [2.75, 3.05) is 0 Å². The summed E-state index contributed by atoms with van der Waals surface area (Å²) in [7, 11) is 0. The van der Waals surface area contributed by atoms with Crippen LogP contribution in [0.4, 0.5) is 0 Å². The Hall–Kier alpha value is 0.550. The number of hydrazine groups is 1. The van der Waals surface area contributed by atoms with Crippen molar-refractivity contribution in [3.63, 3.8) is 0 Å². The van der Waals surface area contributed by atoms with Crippen molar-refractivity contribution in [2.45, 2.75) is 0 Å². The van der Waals surface area contributed by atoms with Crippen LogP contribution in [-0.4, -0.2) is 8.23 Å². The summed E-state index contributed by atoms with van der Waals surface area (Å²) in [4.78, 5) is 0. The Bertz CT molecular complexity index is 92.9. The molecule has 7 heavy (non-hydrogen) atoms. The second-order valence-corrected chi connectivity index (χ2v) is 2.85. The van der Waals surface area contributed by atoms with E-state index in [-0.39, 0.29) is 0 Å². The van der Waals surface area contributed by atoms with Gasteiger partial charge in [-0.15, -0.1) is 0 Å². The summed E-state index contributed by atoms with van der Waals surface area (Å²) in [5.74, 6) is 0. The van der Waals surface area contributed by atoms with Crippen LogP contribution >= 0.6 is 37.6 Å². The van der Waals surface area contributed by atoms with Crippen LogP contribution in [0.5, 0.6) is 0 Å². The molecule has 40 valence electrons. The van der Waals surface area contributed by atoms with E-state index in [2.05, 4.69) is 25.6 Å². The van der Waals surface area contributed by atoms with Crippen LogP contribution in [0.1, 0.15) is 0 Å². The van der Waals surface area contributed by atoms with Crippen molar-refractivity contribution in [3.8, 4) is 0 Å². The zero-order chi connectivity index (χ0) is 5.28. The molecular formula is C2H4N2S3. The molecule has 1 aliphatic rings. The Morgan fingerprint density at radius 1 is 1.43 bits per heavy atom. The Labute approximate surface area is 57.7 Å². The van der Waals surface area contributed by atoms with E-state index in [0.717, 1.165) is 0 Å². The van der Waals surface area contributed by atoms with E-state index >= 15 is 0 Å². The maximum atomic E-state index is 3.97. The standard InChI is InChI=1S/C2H4N2S3/c5-3-1-2-7-4(3)6/h1-2,5-6H. The van der Waals surface area contributed by atoms with Crippen molar-refractivity contribution in [1.29, 1.82) is 0 Å². The molecule has 0 aliphatic carbocycles. The molecule has 0 N–H and O–H groups in total. The van der Waals surface area contributed by atoms with E-state index < -0.39 is 0 Å². The highest BCUT2D eigenvalue weighted by Crippen LogP contribution is 2.25. The van der Waals surface area contributed by atoms with E-state index in [9.17, 15) is 0 Å². The third-order valence-electron chi connectivity index (χ3n) is 0.525. The van der Waals surface area contributed by atoms with Crippen LogP contribution in [0.25, 0.3) is 0 Å². The Kier molecular flexibility index (Phi) is 1.80. The lowest BCUT2D eigenvalue weighted by Crippen LogP contribution is -2.09. The largest absolute Gasteiger partial charge is 0.238 e. The fraction of sp³-hybridized carbons (Fsp3) is 0. The summed E-state index contributed by atoms with van der Waals surface area (Å²) in [6.45, 7) is 0. The molecule has 1 aliphatic heterocycles. The molecule has 0 unspecified atom stereocenters. The van der Waals surface area contributed by atoms with Gasteiger partial charge in [0.15, 0.2) is 0 Å². The molecule has 0 aromatic carbocycles. The van der Waals surface area contributed by atoms with Crippen molar-refractivity contribution in [1.82, 2.24) is 8.23 Å². The molecular weight excluding hydrogens is 148 g/mol. The van der Waals surface area contributed by atoms with Crippen LogP contribution in [0.2, 0.25) is 0 Å². The van der Waals surface area contributed by atoms with Crippen LogP contribution in [0, 0.1) is 0 Å². The van der Waals surface area contributed by atoms with Crippen molar-refractivity contribution < 1.29 is 0 Å². The van der Waals surface area contributed by atoms with Gasteiger partial charge >= 0.3 is 0 Å². The normalized spacial score (nSPS) is 21.7. The summed E-state index contributed by atoms with van der Waals surface area (Å²) in [6, 6.07) is 0. The minimum Gasteiger partial charge on any atom is -0.238 e. The van der Waals surface area contributed by atoms with Gasteiger partial charge in [-0.05, 0) is 24.8 Å². The smallest absolute Gasteiger partial charge is 0.0381 e. The SMILES string of the molecule is SN1C=CSN1S. The van der Waals surface area contributed by atoms with E-state index in [1.54, 1.807) is 14.4 Å². The molecule has 0 fully saturated rings. The lowest BCUT2D eigenvalue weighted by atomic mass is 11.1. The molecule has 0 saturated carbocycles. The van der Waals surface area contributed by atoms with Gasteiger partial charge in [-0.2, -0.15) is 0 Å². The Morgan fingerprint density at radius 2 is 2.14 bits per heavy atom. The lowest BCUT2D eigenvalue weighted by molar-refractivity contribution is 0.459. The van der Waals surface area contributed by atoms with Crippen LogP contribution in [0.3, 0.4) is 0 Å². The van der Waals surface area contributed by atoms with Gasteiger partial charge in [0.1, 0.15) is 0 Å². The second-order valence-electron chi connectivity index (χ2n) is 0.964. The van der Waals surface area contributed by atoms with Gasteiger partial charge in [-0.3, -0.25) is 0 Å². The van der Waals surface area contributed by atoms with Gasteiger partial charge in [-0.1, -0.05) is 16.6 Å². The molecule has 0 atom stereocenters. The van der Waals surface area contributed by atoms with Gasteiger partial charge in [0, 0.05) is 11.6 Å². The summed E-state index contributed by atoms with van der Waals surface area (Å²) < 4.78 is 3.18. The predicted octanol–water partition coefficient (Wildman–Crippen LogP) is 1.33. The molecule has 0 spiro atoms. The van der Waals surface area contributed by atoms with Gasteiger partial charge in [-0.25, -0.2) is 4.41 Å². The molecule has 0 radical (unpaired) electrons. The average molecular weight is 152 g/mol. The van der Waals surface area contributed by atoms with Crippen molar-refractivity contribution in [3.05, 3.63) is 11.6 Å². The molecule has 0 bridgehead atoms. The highest BCUT2D eigenvalue weighted by Gasteiger charge is 2.06. The number of hydrogen-bond acceptors (Lipinski definition) is 5. The number of thiol groups is 2. The highest BCUT2D eigenvalue weighted by atomic mass is 32.2. The molecule has 0 saturated heterocycles. The van der Waals surface area contributed by atoms with E-state index in [1.165, 1.54) is 11.9 Å². The zero-order valence-corrected chi connectivity index (χ0v) is 5.96. The predicted molar refractivity (Wildman–Crippen MR) is 38.4 cm³/mol. The van der Waals surface area contributed by atoms with Crippen LogP contribution < -0.4 is 0 Å². The maximum absolute atomic E-state index is 3.97. The first-order valence-electron chi connectivity index (χ1n) is 1.61. The van der Waals surface area contributed by atoms with Gasteiger partial charge in [0.2, 0.25) is 0 Å². The fourth-order valence-corrected chi connectivity index (χ4v) is 1.18. The molecule has 0 amide bonds. The first-order chi connectivity index (χ1) is 3.30. The summed E-state index contributed by atoms with van der Waals surface area (Å²) in [5.41, 5.74) is 0. The number of nitrogens with zero attached hydrogens (tertiary/aromatic N) is 2. The Morgan fingerprint density at radius 3 is 2.29 bits per heavy atom. The van der Waals surface area contributed by atoms with Gasteiger partial charge in [0.05, 0.1) is 0 Å². The summed E-state index contributed by atoms with van der Waals surface area (Å²) in [6.07, 6.45) is 1.81. The molecule has 5 heteroatoms. The topological polar surface area (TPSA) is 6.48 Å². The first-order valence-corrected chi connectivity index (χ1v) is 3.25. The van der Waals surface area contributed by atoms with E-state index in [4.69, 9.17) is 0 Å². The van der Waals surface area contributed by atoms with E-state index in [1.807, 2.05) is 5.41 Å². The van der Waals surface area contributed by atoms with Crippen molar-refractivity contribution in [2.24, 2.45) is 0 Å². The first kappa shape index (κ1) is 5.68. The minimum atomic E-state index is 1.47. The molecule has 0 aromatic heterocycles. The number of rotatable bonds is 0. The third-order valence-corrected chi connectivity index (χ3v) is 2.18.